The lowest BCUT2D eigenvalue weighted by atomic mass is 10.0. The zero-order valence-electron chi connectivity index (χ0n) is 13.0. The van der Waals surface area contributed by atoms with Crippen LogP contribution in [0.15, 0.2) is 60.2 Å². The van der Waals surface area contributed by atoms with Crippen LogP contribution in [0.1, 0.15) is 22.8 Å². The summed E-state index contributed by atoms with van der Waals surface area (Å²) in [6.45, 7) is 0.977. The molecule has 0 radical (unpaired) electrons. The molecule has 0 saturated heterocycles. The predicted octanol–water partition coefficient (Wildman–Crippen LogP) is 3.42. The SMILES string of the molecule is CC(=O)OC/C(=C/c1ccccc1[N+](=O)[O-])C(=O)c1ccccc1. The Morgan fingerprint density at radius 3 is 2.33 bits per heavy atom. The van der Waals surface area contributed by atoms with Gasteiger partial charge in [0.25, 0.3) is 5.69 Å². The third kappa shape index (κ3) is 4.36. The van der Waals surface area contributed by atoms with Gasteiger partial charge in [0.2, 0.25) is 0 Å². The lowest BCUT2D eigenvalue weighted by Gasteiger charge is -2.08. The summed E-state index contributed by atoms with van der Waals surface area (Å²) in [5.41, 5.74) is 0.716. The minimum absolute atomic E-state index is 0.126. The Morgan fingerprint density at radius 2 is 1.71 bits per heavy atom. The Labute approximate surface area is 138 Å². The third-order valence-corrected chi connectivity index (χ3v) is 3.22. The van der Waals surface area contributed by atoms with Crippen molar-refractivity contribution in [3.63, 3.8) is 0 Å². The minimum Gasteiger partial charge on any atom is -0.461 e. The Balaban J connectivity index is 2.44. The number of esters is 1. The molecule has 2 aromatic rings. The number of nitro benzene ring substituents is 1. The highest BCUT2D eigenvalue weighted by molar-refractivity contribution is 6.11. The fraction of sp³-hybridized carbons (Fsp3) is 0.111. The maximum Gasteiger partial charge on any atom is 0.302 e. The molecule has 0 fully saturated rings. The number of rotatable bonds is 6. The van der Waals surface area contributed by atoms with Gasteiger partial charge in [-0.25, -0.2) is 0 Å². The molecule has 0 spiro atoms. The van der Waals surface area contributed by atoms with E-state index in [1.165, 1.54) is 25.1 Å². The first-order chi connectivity index (χ1) is 11.5. The van der Waals surface area contributed by atoms with Gasteiger partial charge in [-0.05, 0) is 12.1 Å². The van der Waals surface area contributed by atoms with Crippen molar-refractivity contribution in [3.8, 4) is 0 Å². The van der Waals surface area contributed by atoms with Crippen molar-refractivity contribution in [2.24, 2.45) is 0 Å². The van der Waals surface area contributed by atoms with E-state index in [1.807, 2.05) is 0 Å². The van der Waals surface area contributed by atoms with Crippen LogP contribution in [0.25, 0.3) is 6.08 Å². The summed E-state index contributed by atoms with van der Waals surface area (Å²) in [6, 6.07) is 14.5. The van der Waals surface area contributed by atoms with Crippen molar-refractivity contribution in [2.75, 3.05) is 6.61 Å². The lowest BCUT2D eigenvalue weighted by Crippen LogP contribution is -2.12. The number of ketones is 1. The molecule has 0 amide bonds. The molecule has 0 aliphatic carbocycles. The number of ether oxygens (including phenoxy) is 1. The van der Waals surface area contributed by atoms with Crippen molar-refractivity contribution < 1.29 is 19.2 Å². The van der Waals surface area contributed by atoms with Gasteiger partial charge in [0.1, 0.15) is 6.61 Å². The van der Waals surface area contributed by atoms with Gasteiger partial charge in [0.05, 0.1) is 10.5 Å². The molecule has 0 aromatic heterocycles. The van der Waals surface area contributed by atoms with Gasteiger partial charge >= 0.3 is 5.97 Å². The van der Waals surface area contributed by atoms with Crippen molar-refractivity contribution in [1.82, 2.24) is 0 Å². The molecule has 122 valence electrons. The Hall–Kier alpha value is -3.28. The van der Waals surface area contributed by atoms with E-state index in [2.05, 4.69) is 0 Å². The molecule has 0 unspecified atom stereocenters. The number of nitrogens with zero attached hydrogens (tertiary/aromatic N) is 1. The second kappa shape index (κ2) is 7.82. The zero-order valence-corrected chi connectivity index (χ0v) is 13.0. The Bertz CT molecular complexity index is 796. The number of hydrogen-bond donors (Lipinski definition) is 0. The van der Waals surface area contributed by atoms with E-state index in [4.69, 9.17) is 4.74 Å². The molecule has 0 atom stereocenters. The van der Waals surface area contributed by atoms with Crippen molar-refractivity contribution in [1.29, 1.82) is 0 Å². The molecule has 0 heterocycles. The maximum atomic E-state index is 12.6. The van der Waals surface area contributed by atoms with Gasteiger partial charge in [-0.15, -0.1) is 0 Å². The second-order valence-corrected chi connectivity index (χ2v) is 4.96. The summed E-state index contributed by atoms with van der Waals surface area (Å²) in [5, 5.41) is 11.1. The summed E-state index contributed by atoms with van der Waals surface area (Å²) < 4.78 is 4.92. The van der Waals surface area contributed by atoms with E-state index >= 15 is 0 Å². The summed E-state index contributed by atoms with van der Waals surface area (Å²) in [4.78, 5) is 34.3. The molecule has 0 aliphatic heterocycles. The molecule has 6 nitrogen and oxygen atoms in total. The van der Waals surface area contributed by atoms with Gasteiger partial charge in [0, 0.05) is 24.1 Å². The highest BCUT2D eigenvalue weighted by atomic mass is 16.6. The van der Waals surface area contributed by atoms with Crippen LogP contribution in [0.5, 0.6) is 0 Å². The van der Waals surface area contributed by atoms with Crippen LogP contribution in [0.4, 0.5) is 5.69 Å². The Morgan fingerprint density at radius 1 is 1.08 bits per heavy atom. The van der Waals surface area contributed by atoms with Crippen LogP contribution in [0.2, 0.25) is 0 Å². The first-order valence-corrected chi connectivity index (χ1v) is 7.16. The standard InChI is InChI=1S/C18H15NO5/c1-13(20)24-12-16(18(21)14-7-3-2-4-8-14)11-15-9-5-6-10-17(15)19(22)23/h2-11H,12H2,1H3/b16-11-. The topological polar surface area (TPSA) is 86.5 Å². The number of benzene rings is 2. The average Bonchev–Trinajstić information content (AvgIpc) is 2.58. The molecule has 2 aromatic carbocycles. The van der Waals surface area contributed by atoms with Gasteiger partial charge < -0.3 is 4.74 Å². The van der Waals surface area contributed by atoms with Crippen LogP contribution in [-0.2, 0) is 9.53 Å². The van der Waals surface area contributed by atoms with Gasteiger partial charge in [-0.1, -0.05) is 42.5 Å². The lowest BCUT2D eigenvalue weighted by molar-refractivity contribution is -0.385. The maximum absolute atomic E-state index is 12.6. The molecular formula is C18H15NO5. The van der Waals surface area contributed by atoms with Crippen molar-refractivity contribution in [2.45, 2.75) is 6.92 Å². The smallest absolute Gasteiger partial charge is 0.302 e. The third-order valence-electron chi connectivity index (χ3n) is 3.22. The van der Waals surface area contributed by atoms with Crippen molar-refractivity contribution in [3.05, 3.63) is 81.4 Å². The van der Waals surface area contributed by atoms with Crippen LogP contribution in [-0.4, -0.2) is 23.3 Å². The fourth-order valence-electron chi connectivity index (χ4n) is 2.09. The molecule has 6 heteroatoms. The normalized spacial score (nSPS) is 11.0. The largest absolute Gasteiger partial charge is 0.461 e. The highest BCUT2D eigenvalue weighted by Crippen LogP contribution is 2.22. The molecule has 0 bridgehead atoms. The summed E-state index contributed by atoms with van der Waals surface area (Å²) >= 11 is 0. The average molecular weight is 325 g/mol. The summed E-state index contributed by atoms with van der Waals surface area (Å²) in [5.74, 6) is -0.890. The molecule has 24 heavy (non-hydrogen) atoms. The number of Topliss-reactive ketones (excluding diaryl/α,β-unsaturated/α-hetero) is 1. The second-order valence-electron chi connectivity index (χ2n) is 4.96. The first kappa shape index (κ1) is 17.1. The zero-order chi connectivity index (χ0) is 17.5. The molecule has 0 aliphatic rings. The molecule has 2 rings (SSSR count). The van der Waals surface area contributed by atoms with Crippen LogP contribution in [0.3, 0.4) is 0 Å². The van der Waals surface area contributed by atoms with E-state index in [1.54, 1.807) is 42.5 Å². The number of nitro groups is 1. The Kier molecular flexibility index (Phi) is 5.57. The molecular weight excluding hydrogens is 310 g/mol. The highest BCUT2D eigenvalue weighted by Gasteiger charge is 2.17. The minimum atomic E-state index is -0.538. The van der Waals surface area contributed by atoms with Crippen molar-refractivity contribution >= 4 is 23.5 Å². The number of carbonyl (C=O) groups excluding carboxylic acids is 2. The van der Waals surface area contributed by atoms with Gasteiger partial charge in [-0.3, -0.25) is 19.7 Å². The number of carbonyl (C=O) groups is 2. The molecule has 0 saturated carbocycles. The van der Waals surface area contributed by atoms with Gasteiger partial charge in [0.15, 0.2) is 5.78 Å². The van der Waals surface area contributed by atoms with E-state index in [9.17, 15) is 19.7 Å². The monoisotopic (exact) mass is 325 g/mol. The van der Waals surface area contributed by atoms with E-state index in [0.717, 1.165) is 0 Å². The van der Waals surface area contributed by atoms with Crippen LogP contribution in [0, 0.1) is 10.1 Å². The number of para-hydroxylation sites is 1. The summed E-state index contributed by atoms with van der Waals surface area (Å²) in [7, 11) is 0. The predicted molar refractivity (Wildman–Crippen MR) is 88.5 cm³/mol. The van der Waals surface area contributed by atoms with Gasteiger partial charge in [-0.2, -0.15) is 0 Å². The van der Waals surface area contributed by atoms with E-state index in [-0.39, 0.29) is 29.2 Å². The molecule has 0 N–H and O–H groups in total. The fourth-order valence-corrected chi connectivity index (χ4v) is 2.09. The van der Waals surface area contributed by atoms with Crippen LogP contribution >= 0.6 is 0 Å². The van der Waals surface area contributed by atoms with E-state index < -0.39 is 10.9 Å². The number of hydrogen-bond acceptors (Lipinski definition) is 5. The van der Waals surface area contributed by atoms with Crippen LogP contribution < -0.4 is 0 Å². The van der Waals surface area contributed by atoms with E-state index in [0.29, 0.717) is 5.56 Å². The first-order valence-electron chi connectivity index (χ1n) is 7.16. The summed E-state index contributed by atoms with van der Waals surface area (Å²) in [6.07, 6.45) is 1.39. The quantitative estimate of drug-likeness (QED) is 0.267.